The van der Waals surface area contributed by atoms with E-state index in [0.29, 0.717) is 25.3 Å². The summed E-state index contributed by atoms with van der Waals surface area (Å²) in [5.74, 6) is 1.81. The van der Waals surface area contributed by atoms with Crippen molar-refractivity contribution in [2.45, 2.75) is 65.7 Å². The maximum Gasteiger partial charge on any atom is 0.227 e. The van der Waals surface area contributed by atoms with E-state index in [0.717, 1.165) is 61.7 Å². The van der Waals surface area contributed by atoms with Crippen molar-refractivity contribution in [1.29, 1.82) is 0 Å². The van der Waals surface area contributed by atoms with E-state index in [2.05, 4.69) is 13.8 Å². The molecular formula is C21H32N4O2. The van der Waals surface area contributed by atoms with Crippen LogP contribution in [0.15, 0.2) is 0 Å². The Morgan fingerprint density at radius 2 is 1.63 bits per heavy atom. The molecular weight excluding hydrogens is 340 g/mol. The number of hydrogen-bond acceptors (Lipinski definition) is 4. The SMILES string of the molecule is Cc1nc([C@@H]2CCN(C(=O)CC(C)C)C2)nc(C)c1CC(=O)N1CCCC1. The molecule has 148 valence electrons. The Hall–Kier alpha value is -1.98. The van der Waals surface area contributed by atoms with Gasteiger partial charge >= 0.3 is 0 Å². The lowest BCUT2D eigenvalue weighted by Gasteiger charge is -2.19. The summed E-state index contributed by atoms with van der Waals surface area (Å²) in [5, 5.41) is 0. The highest BCUT2D eigenvalue weighted by atomic mass is 16.2. The molecule has 3 rings (SSSR count). The zero-order valence-electron chi connectivity index (χ0n) is 17.1. The lowest BCUT2D eigenvalue weighted by Crippen LogP contribution is -2.30. The summed E-state index contributed by atoms with van der Waals surface area (Å²) in [6, 6.07) is 0. The molecule has 1 atom stereocenters. The zero-order valence-corrected chi connectivity index (χ0v) is 17.1. The Bertz CT molecular complexity index is 687. The van der Waals surface area contributed by atoms with Gasteiger partial charge < -0.3 is 9.80 Å². The number of hydrogen-bond donors (Lipinski definition) is 0. The number of likely N-dealkylation sites (tertiary alicyclic amines) is 2. The zero-order chi connectivity index (χ0) is 19.6. The Labute approximate surface area is 162 Å². The van der Waals surface area contributed by atoms with Gasteiger partial charge in [0.15, 0.2) is 0 Å². The van der Waals surface area contributed by atoms with E-state index in [-0.39, 0.29) is 17.7 Å². The second-order valence-corrected chi connectivity index (χ2v) is 8.42. The van der Waals surface area contributed by atoms with Crippen LogP contribution in [0.1, 0.15) is 68.2 Å². The average molecular weight is 373 g/mol. The predicted octanol–water partition coefficient (Wildman–Crippen LogP) is 2.62. The van der Waals surface area contributed by atoms with Gasteiger partial charge in [0.2, 0.25) is 11.8 Å². The summed E-state index contributed by atoms with van der Waals surface area (Å²) >= 11 is 0. The average Bonchev–Trinajstić information content (AvgIpc) is 3.28. The van der Waals surface area contributed by atoms with Gasteiger partial charge in [0.25, 0.3) is 0 Å². The van der Waals surface area contributed by atoms with Crippen molar-refractivity contribution in [2.24, 2.45) is 5.92 Å². The number of amides is 2. The van der Waals surface area contributed by atoms with Gasteiger partial charge in [0, 0.05) is 55.5 Å². The maximum atomic E-state index is 12.5. The van der Waals surface area contributed by atoms with Gasteiger partial charge in [0.1, 0.15) is 5.82 Å². The van der Waals surface area contributed by atoms with Gasteiger partial charge in [-0.1, -0.05) is 13.8 Å². The first kappa shape index (κ1) is 19.8. The van der Waals surface area contributed by atoms with Crippen LogP contribution in [0.4, 0.5) is 0 Å². The normalized spacial score (nSPS) is 20.0. The van der Waals surface area contributed by atoms with E-state index in [1.54, 1.807) is 0 Å². The van der Waals surface area contributed by atoms with Crippen LogP contribution in [0.25, 0.3) is 0 Å². The fourth-order valence-corrected chi connectivity index (χ4v) is 4.11. The van der Waals surface area contributed by atoms with E-state index >= 15 is 0 Å². The van der Waals surface area contributed by atoms with E-state index in [9.17, 15) is 9.59 Å². The van der Waals surface area contributed by atoms with Crippen LogP contribution >= 0.6 is 0 Å². The molecule has 1 aromatic rings. The Morgan fingerprint density at radius 1 is 1.00 bits per heavy atom. The third-order valence-electron chi connectivity index (χ3n) is 5.71. The molecule has 2 aliphatic rings. The highest BCUT2D eigenvalue weighted by Gasteiger charge is 2.30. The summed E-state index contributed by atoms with van der Waals surface area (Å²) in [7, 11) is 0. The minimum absolute atomic E-state index is 0.182. The van der Waals surface area contributed by atoms with Gasteiger partial charge in [0.05, 0.1) is 6.42 Å². The summed E-state index contributed by atoms with van der Waals surface area (Å²) < 4.78 is 0. The van der Waals surface area contributed by atoms with Gasteiger partial charge in [-0.25, -0.2) is 9.97 Å². The molecule has 0 saturated carbocycles. The van der Waals surface area contributed by atoms with E-state index < -0.39 is 0 Å². The van der Waals surface area contributed by atoms with Gasteiger partial charge in [-0.15, -0.1) is 0 Å². The molecule has 0 N–H and O–H groups in total. The minimum atomic E-state index is 0.182. The molecule has 0 aliphatic carbocycles. The first-order valence-corrected chi connectivity index (χ1v) is 10.2. The molecule has 6 nitrogen and oxygen atoms in total. The smallest absolute Gasteiger partial charge is 0.227 e. The molecule has 27 heavy (non-hydrogen) atoms. The monoisotopic (exact) mass is 372 g/mol. The predicted molar refractivity (Wildman–Crippen MR) is 104 cm³/mol. The van der Waals surface area contributed by atoms with Crippen molar-refractivity contribution in [1.82, 2.24) is 19.8 Å². The molecule has 2 aliphatic heterocycles. The largest absolute Gasteiger partial charge is 0.342 e. The number of nitrogens with zero attached hydrogens (tertiary/aromatic N) is 4. The summed E-state index contributed by atoms with van der Waals surface area (Å²) in [6.07, 6.45) is 4.11. The van der Waals surface area contributed by atoms with Gasteiger partial charge in [-0.05, 0) is 39.0 Å². The van der Waals surface area contributed by atoms with Gasteiger partial charge in [-0.2, -0.15) is 0 Å². The third kappa shape index (κ3) is 4.66. The van der Waals surface area contributed by atoms with Crippen molar-refractivity contribution in [3.63, 3.8) is 0 Å². The van der Waals surface area contributed by atoms with Crippen LogP contribution in [0.3, 0.4) is 0 Å². The molecule has 0 aromatic carbocycles. The summed E-state index contributed by atoms with van der Waals surface area (Å²) in [6.45, 7) is 11.3. The number of aromatic nitrogens is 2. The highest BCUT2D eigenvalue weighted by molar-refractivity contribution is 5.79. The number of aryl methyl sites for hydroxylation is 2. The first-order chi connectivity index (χ1) is 12.8. The van der Waals surface area contributed by atoms with Crippen LogP contribution in [-0.4, -0.2) is 57.8 Å². The van der Waals surface area contributed by atoms with Crippen LogP contribution < -0.4 is 0 Å². The van der Waals surface area contributed by atoms with E-state index in [1.165, 1.54) is 0 Å². The minimum Gasteiger partial charge on any atom is -0.342 e. The van der Waals surface area contributed by atoms with Crippen LogP contribution in [-0.2, 0) is 16.0 Å². The molecule has 1 aromatic heterocycles. The lowest BCUT2D eigenvalue weighted by atomic mass is 10.0. The number of carbonyl (C=O) groups excluding carboxylic acids is 2. The first-order valence-electron chi connectivity index (χ1n) is 10.2. The van der Waals surface area contributed by atoms with Crippen LogP contribution in [0.2, 0.25) is 0 Å². The van der Waals surface area contributed by atoms with E-state index in [4.69, 9.17) is 9.97 Å². The molecule has 0 unspecified atom stereocenters. The Morgan fingerprint density at radius 3 is 2.22 bits per heavy atom. The Kier molecular flexibility index (Phi) is 6.12. The van der Waals surface area contributed by atoms with Crippen molar-refractivity contribution < 1.29 is 9.59 Å². The quantitative estimate of drug-likeness (QED) is 0.797. The number of carbonyl (C=O) groups is 2. The molecule has 6 heteroatoms. The van der Waals surface area contributed by atoms with Crippen molar-refractivity contribution >= 4 is 11.8 Å². The van der Waals surface area contributed by atoms with Crippen molar-refractivity contribution in [2.75, 3.05) is 26.2 Å². The van der Waals surface area contributed by atoms with Crippen LogP contribution in [0.5, 0.6) is 0 Å². The molecule has 2 fully saturated rings. The molecule has 0 radical (unpaired) electrons. The molecule has 2 saturated heterocycles. The fraction of sp³-hybridized carbons (Fsp3) is 0.714. The molecule has 0 spiro atoms. The summed E-state index contributed by atoms with van der Waals surface area (Å²) in [4.78, 5) is 38.2. The van der Waals surface area contributed by atoms with E-state index in [1.807, 2.05) is 23.6 Å². The number of rotatable bonds is 5. The molecule has 2 amide bonds. The maximum absolute atomic E-state index is 12.5. The second-order valence-electron chi connectivity index (χ2n) is 8.42. The van der Waals surface area contributed by atoms with Crippen LogP contribution in [0, 0.1) is 19.8 Å². The molecule has 0 bridgehead atoms. The van der Waals surface area contributed by atoms with Crippen molar-refractivity contribution in [3.8, 4) is 0 Å². The third-order valence-corrected chi connectivity index (χ3v) is 5.71. The fourth-order valence-electron chi connectivity index (χ4n) is 4.11. The highest BCUT2D eigenvalue weighted by Crippen LogP contribution is 2.27. The summed E-state index contributed by atoms with van der Waals surface area (Å²) in [5.41, 5.74) is 2.76. The van der Waals surface area contributed by atoms with Gasteiger partial charge in [-0.3, -0.25) is 9.59 Å². The second kappa shape index (κ2) is 8.36. The lowest BCUT2D eigenvalue weighted by molar-refractivity contribution is -0.131. The van der Waals surface area contributed by atoms with Crippen molar-refractivity contribution in [3.05, 3.63) is 22.8 Å². The molecule has 3 heterocycles. The standard InChI is InChI=1S/C21H32N4O2/c1-14(2)11-19(26)25-10-7-17(13-25)21-22-15(3)18(16(4)23-21)12-20(27)24-8-5-6-9-24/h14,17H,5-13H2,1-4H3/t17-/m1/s1. The Balaban J connectivity index is 1.68. The topological polar surface area (TPSA) is 66.4 Å².